The van der Waals surface area contributed by atoms with E-state index in [9.17, 15) is 4.79 Å². The largest absolute Gasteiger partial charge is 0.313 e. The monoisotopic (exact) mass is 212 g/mol. The molecule has 2 aliphatic rings. The Labute approximate surface area is 90.6 Å². The number of carbonyl (C=O) groups excluding carboxylic acids is 1. The average Bonchev–Trinajstić information content (AvgIpc) is 2.31. The number of hydrazine groups is 1. The molecule has 2 saturated heterocycles. The van der Waals surface area contributed by atoms with E-state index >= 15 is 0 Å². The molecule has 1 atom stereocenters. The van der Waals surface area contributed by atoms with Gasteiger partial charge in [-0.15, -0.1) is 0 Å². The predicted molar refractivity (Wildman–Crippen MR) is 58.2 cm³/mol. The van der Waals surface area contributed by atoms with Crippen molar-refractivity contribution in [3.05, 3.63) is 0 Å². The Kier molecular flexibility index (Phi) is 3.94. The molecule has 5 heteroatoms. The van der Waals surface area contributed by atoms with E-state index in [1.165, 1.54) is 19.3 Å². The molecule has 0 bridgehead atoms. The summed E-state index contributed by atoms with van der Waals surface area (Å²) in [6.07, 6.45) is 3.67. The second-order valence-corrected chi connectivity index (χ2v) is 4.23. The van der Waals surface area contributed by atoms with Crippen molar-refractivity contribution in [2.45, 2.75) is 25.3 Å². The first-order valence-corrected chi connectivity index (χ1v) is 5.86. The summed E-state index contributed by atoms with van der Waals surface area (Å²) in [7, 11) is 0. The number of rotatable bonds is 2. The fourth-order valence-electron chi connectivity index (χ4n) is 2.08. The molecule has 0 radical (unpaired) electrons. The van der Waals surface area contributed by atoms with Gasteiger partial charge in [0.1, 0.15) is 6.04 Å². The lowest BCUT2D eigenvalue weighted by atomic mass is 10.2. The SMILES string of the molecule is O=C(NN1CCCCC1)C1CNCCN1. The summed E-state index contributed by atoms with van der Waals surface area (Å²) in [5.41, 5.74) is 2.98. The van der Waals surface area contributed by atoms with Crippen LogP contribution in [0.4, 0.5) is 0 Å². The van der Waals surface area contributed by atoms with Gasteiger partial charge in [-0.25, -0.2) is 5.01 Å². The maximum Gasteiger partial charge on any atom is 0.252 e. The van der Waals surface area contributed by atoms with Crippen LogP contribution in [0.1, 0.15) is 19.3 Å². The first-order chi connectivity index (χ1) is 7.36. The molecule has 1 amide bonds. The van der Waals surface area contributed by atoms with Crippen LogP contribution >= 0.6 is 0 Å². The zero-order chi connectivity index (χ0) is 10.5. The van der Waals surface area contributed by atoms with Gasteiger partial charge >= 0.3 is 0 Å². The Morgan fingerprint density at radius 1 is 1.20 bits per heavy atom. The third-order valence-corrected chi connectivity index (χ3v) is 2.98. The first-order valence-electron chi connectivity index (χ1n) is 5.86. The van der Waals surface area contributed by atoms with Gasteiger partial charge in [0.15, 0.2) is 0 Å². The molecule has 3 N–H and O–H groups in total. The van der Waals surface area contributed by atoms with Gasteiger partial charge in [-0.2, -0.15) is 0 Å². The highest BCUT2D eigenvalue weighted by molar-refractivity contribution is 5.81. The summed E-state index contributed by atoms with van der Waals surface area (Å²) < 4.78 is 0. The molecule has 5 nitrogen and oxygen atoms in total. The molecular formula is C10H20N4O. The zero-order valence-electron chi connectivity index (χ0n) is 9.09. The van der Waals surface area contributed by atoms with Gasteiger partial charge in [-0.3, -0.25) is 10.2 Å². The van der Waals surface area contributed by atoms with Crippen LogP contribution < -0.4 is 16.1 Å². The number of nitrogens with zero attached hydrogens (tertiary/aromatic N) is 1. The van der Waals surface area contributed by atoms with Crippen molar-refractivity contribution in [1.82, 2.24) is 21.1 Å². The van der Waals surface area contributed by atoms with E-state index in [1.54, 1.807) is 0 Å². The van der Waals surface area contributed by atoms with Gasteiger partial charge in [0.05, 0.1) is 0 Å². The summed E-state index contributed by atoms with van der Waals surface area (Å²) in [5.74, 6) is 0.101. The van der Waals surface area contributed by atoms with Gasteiger partial charge in [-0.1, -0.05) is 6.42 Å². The van der Waals surface area contributed by atoms with Crippen LogP contribution in [0.3, 0.4) is 0 Å². The van der Waals surface area contributed by atoms with Crippen LogP contribution in [0.15, 0.2) is 0 Å². The lowest BCUT2D eigenvalue weighted by molar-refractivity contribution is -0.128. The van der Waals surface area contributed by atoms with Crippen LogP contribution in [-0.4, -0.2) is 49.7 Å². The third-order valence-electron chi connectivity index (χ3n) is 2.98. The number of hydrogen-bond acceptors (Lipinski definition) is 4. The van der Waals surface area contributed by atoms with E-state index in [-0.39, 0.29) is 11.9 Å². The quantitative estimate of drug-likeness (QED) is 0.553. The molecule has 2 rings (SSSR count). The van der Waals surface area contributed by atoms with Crippen molar-refractivity contribution >= 4 is 5.91 Å². The summed E-state index contributed by atoms with van der Waals surface area (Å²) in [4.78, 5) is 11.8. The lowest BCUT2D eigenvalue weighted by Crippen LogP contribution is -2.59. The third kappa shape index (κ3) is 3.15. The molecule has 15 heavy (non-hydrogen) atoms. The Morgan fingerprint density at radius 2 is 2.00 bits per heavy atom. The summed E-state index contributed by atoms with van der Waals surface area (Å²) in [5, 5.41) is 8.46. The molecule has 0 aromatic carbocycles. The molecule has 0 spiro atoms. The second-order valence-electron chi connectivity index (χ2n) is 4.23. The Bertz CT molecular complexity index is 209. The van der Waals surface area contributed by atoms with Crippen LogP contribution in [0.2, 0.25) is 0 Å². The molecule has 2 aliphatic heterocycles. The standard InChI is InChI=1S/C10H20N4O/c15-10(9-8-11-4-5-12-9)13-14-6-2-1-3-7-14/h9,11-12H,1-8H2,(H,13,15). The fourth-order valence-corrected chi connectivity index (χ4v) is 2.08. The van der Waals surface area contributed by atoms with Gasteiger partial charge in [0.25, 0.3) is 5.91 Å². The number of piperazine rings is 1. The van der Waals surface area contributed by atoms with E-state index < -0.39 is 0 Å². The maximum atomic E-state index is 11.8. The molecule has 1 unspecified atom stereocenters. The molecule has 2 fully saturated rings. The molecule has 0 aromatic heterocycles. The molecule has 0 aromatic rings. The fraction of sp³-hybridized carbons (Fsp3) is 0.900. The Morgan fingerprint density at radius 3 is 2.67 bits per heavy atom. The zero-order valence-corrected chi connectivity index (χ0v) is 9.09. The van der Waals surface area contributed by atoms with Crippen LogP contribution in [0, 0.1) is 0 Å². The van der Waals surface area contributed by atoms with Crippen molar-refractivity contribution in [2.75, 3.05) is 32.7 Å². The second kappa shape index (κ2) is 5.44. The van der Waals surface area contributed by atoms with E-state index in [4.69, 9.17) is 0 Å². The number of piperidine rings is 1. The molecule has 0 saturated carbocycles. The lowest BCUT2D eigenvalue weighted by Gasteiger charge is -2.30. The number of carbonyl (C=O) groups is 1. The number of amides is 1. The highest BCUT2D eigenvalue weighted by atomic mass is 16.2. The topological polar surface area (TPSA) is 56.4 Å². The highest BCUT2D eigenvalue weighted by Crippen LogP contribution is 2.05. The smallest absolute Gasteiger partial charge is 0.252 e. The van der Waals surface area contributed by atoms with Crippen molar-refractivity contribution in [2.24, 2.45) is 0 Å². The average molecular weight is 212 g/mol. The molecule has 0 aliphatic carbocycles. The molecular weight excluding hydrogens is 192 g/mol. The minimum absolute atomic E-state index is 0.0688. The van der Waals surface area contributed by atoms with Gasteiger partial charge in [-0.05, 0) is 12.8 Å². The van der Waals surface area contributed by atoms with Gasteiger partial charge in [0.2, 0.25) is 0 Å². The minimum Gasteiger partial charge on any atom is -0.313 e. The number of nitrogens with one attached hydrogen (secondary N) is 3. The Balaban J connectivity index is 1.74. The minimum atomic E-state index is -0.0688. The molecule has 86 valence electrons. The van der Waals surface area contributed by atoms with E-state index in [2.05, 4.69) is 16.1 Å². The van der Waals surface area contributed by atoms with Crippen molar-refractivity contribution in [3.63, 3.8) is 0 Å². The van der Waals surface area contributed by atoms with Crippen LogP contribution in [0.5, 0.6) is 0 Å². The van der Waals surface area contributed by atoms with Gasteiger partial charge in [0, 0.05) is 32.7 Å². The van der Waals surface area contributed by atoms with E-state index in [1.807, 2.05) is 5.01 Å². The summed E-state index contributed by atoms with van der Waals surface area (Å²) in [6.45, 7) is 4.54. The van der Waals surface area contributed by atoms with E-state index in [0.29, 0.717) is 0 Å². The summed E-state index contributed by atoms with van der Waals surface area (Å²) in [6, 6.07) is -0.0688. The maximum absolute atomic E-state index is 11.8. The van der Waals surface area contributed by atoms with Crippen LogP contribution in [-0.2, 0) is 4.79 Å². The van der Waals surface area contributed by atoms with E-state index in [0.717, 1.165) is 32.7 Å². The normalized spacial score (nSPS) is 28.7. The van der Waals surface area contributed by atoms with Crippen molar-refractivity contribution in [3.8, 4) is 0 Å². The van der Waals surface area contributed by atoms with Gasteiger partial charge < -0.3 is 10.6 Å². The summed E-state index contributed by atoms with van der Waals surface area (Å²) >= 11 is 0. The Hall–Kier alpha value is -0.650. The van der Waals surface area contributed by atoms with Crippen molar-refractivity contribution in [1.29, 1.82) is 0 Å². The first kappa shape index (κ1) is 10.9. The molecule has 2 heterocycles. The number of hydrogen-bond donors (Lipinski definition) is 3. The van der Waals surface area contributed by atoms with Crippen LogP contribution in [0.25, 0.3) is 0 Å². The highest BCUT2D eigenvalue weighted by Gasteiger charge is 2.22. The van der Waals surface area contributed by atoms with Crippen molar-refractivity contribution < 1.29 is 4.79 Å². The predicted octanol–water partition coefficient (Wildman–Crippen LogP) is -0.935.